The van der Waals surface area contributed by atoms with E-state index >= 15 is 0 Å². The number of carbonyl (C=O) groups excluding carboxylic acids is 1. The molecule has 4 nitrogen and oxygen atoms in total. The maximum Gasteiger partial charge on any atom is 0.239 e. The van der Waals surface area contributed by atoms with Gasteiger partial charge in [-0.1, -0.05) is 37.5 Å². The number of amides is 1. The fourth-order valence-corrected chi connectivity index (χ4v) is 4.40. The van der Waals surface area contributed by atoms with Crippen LogP contribution in [0.2, 0.25) is 0 Å². The number of nitrogens with one attached hydrogen (secondary N) is 2. The first-order valence-corrected chi connectivity index (χ1v) is 11.0. The van der Waals surface area contributed by atoms with Crippen molar-refractivity contribution in [3.8, 4) is 0 Å². The zero-order valence-corrected chi connectivity index (χ0v) is 17.5. The van der Waals surface area contributed by atoms with Crippen LogP contribution in [-0.4, -0.2) is 28.5 Å². The highest BCUT2D eigenvalue weighted by molar-refractivity contribution is 7.80. The Morgan fingerprint density at radius 3 is 2.57 bits per heavy atom. The van der Waals surface area contributed by atoms with Gasteiger partial charge in [-0.3, -0.25) is 4.79 Å². The van der Waals surface area contributed by atoms with E-state index in [9.17, 15) is 9.18 Å². The third-order valence-electron chi connectivity index (χ3n) is 4.98. The standard InChI is InChI=1S/C21H26FN3OS2/c22-17-10-8-16(9-11-17)15-25(18-5-2-1-3-6-18)21(27)24-14-20(26)23-13-19-7-4-12-28-19/h4,7-12,18H,1-3,5-6,13-15H2,(H,23,26)(H,24,27). The van der Waals surface area contributed by atoms with Crippen molar-refractivity contribution in [3.05, 3.63) is 58.0 Å². The smallest absolute Gasteiger partial charge is 0.239 e. The summed E-state index contributed by atoms with van der Waals surface area (Å²) >= 11 is 7.25. The van der Waals surface area contributed by atoms with E-state index in [4.69, 9.17) is 12.2 Å². The van der Waals surface area contributed by atoms with E-state index < -0.39 is 0 Å². The molecular formula is C21H26FN3OS2. The summed E-state index contributed by atoms with van der Waals surface area (Å²) in [5.74, 6) is -0.322. The van der Waals surface area contributed by atoms with Crippen molar-refractivity contribution in [3.63, 3.8) is 0 Å². The minimum atomic E-state index is -0.240. The van der Waals surface area contributed by atoms with Crippen LogP contribution in [0.1, 0.15) is 42.5 Å². The first-order chi connectivity index (χ1) is 13.6. The number of benzene rings is 1. The van der Waals surface area contributed by atoms with Crippen LogP contribution >= 0.6 is 23.6 Å². The van der Waals surface area contributed by atoms with Crippen molar-refractivity contribution in [2.45, 2.75) is 51.2 Å². The molecule has 3 rings (SSSR count). The molecule has 28 heavy (non-hydrogen) atoms. The summed E-state index contributed by atoms with van der Waals surface area (Å²) in [5.41, 5.74) is 1.01. The third kappa shape index (κ3) is 6.27. The number of halogens is 1. The second-order valence-electron chi connectivity index (χ2n) is 7.06. The second kappa shape index (κ2) is 10.5. The van der Waals surface area contributed by atoms with Gasteiger partial charge in [0.25, 0.3) is 0 Å². The molecule has 1 aliphatic rings. The lowest BCUT2D eigenvalue weighted by Gasteiger charge is -2.36. The topological polar surface area (TPSA) is 44.4 Å². The van der Waals surface area contributed by atoms with Crippen LogP contribution in [-0.2, 0) is 17.9 Å². The van der Waals surface area contributed by atoms with Crippen molar-refractivity contribution < 1.29 is 9.18 Å². The Balaban J connectivity index is 1.55. The molecule has 0 spiro atoms. The fourth-order valence-electron chi connectivity index (χ4n) is 3.46. The third-order valence-corrected chi connectivity index (χ3v) is 6.24. The SMILES string of the molecule is O=C(CNC(=S)N(Cc1ccc(F)cc1)C1CCCCC1)NCc1cccs1. The summed E-state index contributed by atoms with van der Waals surface area (Å²) in [4.78, 5) is 15.4. The number of hydrogen-bond acceptors (Lipinski definition) is 3. The minimum absolute atomic E-state index is 0.0823. The summed E-state index contributed by atoms with van der Waals surface area (Å²) in [5, 5.41) is 8.60. The number of carbonyl (C=O) groups is 1. The lowest BCUT2D eigenvalue weighted by atomic mass is 9.94. The molecule has 0 aliphatic heterocycles. The van der Waals surface area contributed by atoms with Gasteiger partial charge in [0.2, 0.25) is 5.91 Å². The Kier molecular flexibility index (Phi) is 7.80. The van der Waals surface area contributed by atoms with E-state index in [0.29, 0.717) is 24.2 Å². The average molecular weight is 420 g/mol. The molecule has 0 atom stereocenters. The number of nitrogens with zero attached hydrogens (tertiary/aromatic N) is 1. The molecule has 1 aromatic carbocycles. The van der Waals surface area contributed by atoms with Gasteiger partial charge < -0.3 is 15.5 Å². The van der Waals surface area contributed by atoms with E-state index in [0.717, 1.165) is 23.3 Å². The van der Waals surface area contributed by atoms with E-state index in [1.54, 1.807) is 23.5 Å². The molecule has 1 amide bonds. The summed E-state index contributed by atoms with van der Waals surface area (Å²) in [6.07, 6.45) is 5.82. The number of thiophene rings is 1. The molecule has 1 fully saturated rings. The molecular weight excluding hydrogens is 393 g/mol. The molecule has 150 valence electrons. The molecule has 0 saturated heterocycles. The van der Waals surface area contributed by atoms with Gasteiger partial charge in [-0.25, -0.2) is 4.39 Å². The van der Waals surface area contributed by atoms with Crippen LogP contribution in [0.15, 0.2) is 41.8 Å². The Morgan fingerprint density at radius 1 is 1.14 bits per heavy atom. The largest absolute Gasteiger partial charge is 0.353 e. The first kappa shape index (κ1) is 20.7. The van der Waals surface area contributed by atoms with E-state index in [1.807, 2.05) is 17.5 Å². The van der Waals surface area contributed by atoms with Gasteiger partial charge in [0.15, 0.2) is 5.11 Å². The fraction of sp³-hybridized carbons (Fsp3) is 0.429. The van der Waals surface area contributed by atoms with Crippen LogP contribution in [0.25, 0.3) is 0 Å². The van der Waals surface area contributed by atoms with Gasteiger partial charge in [-0.2, -0.15) is 0 Å². The number of thiocarbonyl (C=S) groups is 1. The summed E-state index contributed by atoms with van der Waals surface area (Å²) in [6, 6.07) is 10.9. The Labute approximate surface area is 175 Å². The molecule has 1 aliphatic carbocycles. The van der Waals surface area contributed by atoms with Gasteiger partial charge in [0, 0.05) is 17.5 Å². The van der Waals surface area contributed by atoms with Crippen LogP contribution in [0.3, 0.4) is 0 Å². The monoisotopic (exact) mass is 419 g/mol. The predicted octanol–water partition coefficient (Wildman–Crippen LogP) is 4.21. The van der Waals surface area contributed by atoms with Crippen molar-refractivity contribution in [1.29, 1.82) is 0 Å². The lowest BCUT2D eigenvalue weighted by molar-refractivity contribution is -0.120. The Morgan fingerprint density at radius 2 is 1.89 bits per heavy atom. The van der Waals surface area contributed by atoms with Crippen molar-refractivity contribution in [2.24, 2.45) is 0 Å². The minimum Gasteiger partial charge on any atom is -0.353 e. The molecule has 1 saturated carbocycles. The number of hydrogen-bond donors (Lipinski definition) is 2. The first-order valence-electron chi connectivity index (χ1n) is 9.70. The molecule has 2 aromatic rings. The molecule has 0 bridgehead atoms. The van der Waals surface area contributed by atoms with Gasteiger partial charge in [-0.15, -0.1) is 11.3 Å². The van der Waals surface area contributed by atoms with Crippen molar-refractivity contribution >= 4 is 34.6 Å². The van der Waals surface area contributed by atoms with Gasteiger partial charge >= 0.3 is 0 Å². The normalized spacial score (nSPS) is 14.5. The average Bonchev–Trinajstić information content (AvgIpc) is 3.24. The quantitative estimate of drug-likeness (QED) is 0.660. The van der Waals surface area contributed by atoms with Gasteiger partial charge in [0.05, 0.1) is 13.1 Å². The maximum atomic E-state index is 13.2. The van der Waals surface area contributed by atoms with E-state index in [1.165, 1.54) is 31.4 Å². The summed E-state index contributed by atoms with van der Waals surface area (Å²) in [7, 11) is 0. The highest BCUT2D eigenvalue weighted by atomic mass is 32.1. The number of rotatable bonds is 7. The zero-order chi connectivity index (χ0) is 19.8. The molecule has 2 N–H and O–H groups in total. The van der Waals surface area contributed by atoms with Crippen LogP contribution < -0.4 is 10.6 Å². The van der Waals surface area contributed by atoms with E-state index in [-0.39, 0.29) is 18.3 Å². The molecule has 0 radical (unpaired) electrons. The Bertz CT molecular complexity index is 758. The van der Waals surface area contributed by atoms with Gasteiger partial charge in [-0.05, 0) is 54.2 Å². The van der Waals surface area contributed by atoms with Crippen molar-refractivity contribution in [2.75, 3.05) is 6.54 Å². The second-order valence-corrected chi connectivity index (χ2v) is 8.48. The summed E-state index contributed by atoms with van der Waals surface area (Å²) in [6.45, 7) is 1.30. The maximum absolute atomic E-state index is 13.2. The molecule has 1 heterocycles. The molecule has 0 unspecified atom stereocenters. The predicted molar refractivity (Wildman–Crippen MR) is 116 cm³/mol. The lowest BCUT2D eigenvalue weighted by Crippen LogP contribution is -2.48. The van der Waals surface area contributed by atoms with Crippen molar-refractivity contribution in [1.82, 2.24) is 15.5 Å². The van der Waals surface area contributed by atoms with Crippen LogP contribution in [0.5, 0.6) is 0 Å². The zero-order valence-electron chi connectivity index (χ0n) is 15.8. The highest BCUT2D eigenvalue weighted by Gasteiger charge is 2.23. The van der Waals surface area contributed by atoms with E-state index in [2.05, 4.69) is 15.5 Å². The van der Waals surface area contributed by atoms with Crippen LogP contribution in [0.4, 0.5) is 4.39 Å². The molecule has 1 aromatic heterocycles. The Hall–Kier alpha value is -1.99. The molecule has 7 heteroatoms. The highest BCUT2D eigenvalue weighted by Crippen LogP contribution is 2.24. The summed E-state index contributed by atoms with van der Waals surface area (Å²) < 4.78 is 13.2. The van der Waals surface area contributed by atoms with Gasteiger partial charge in [0.1, 0.15) is 5.82 Å². The van der Waals surface area contributed by atoms with Crippen LogP contribution in [0, 0.1) is 5.82 Å².